The van der Waals surface area contributed by atoms with Crippen molar-refractivity contribution in [3.63, 3.8) is 0 Å². The summed E-state index contributed by atoms with van der Waals surface area (Å²) in [4.78, 5) is 23.1. The van der Waals surface area contributed by atoms with Gasteiger partial charge in [0, 0.05) is 19.4 Å². The predicted molar refractivity (Wildman–Crippen MR) is 102 cm³/mol. The summed E-state index contributed by atoms with van der Waals surface area (Å²) in [5, 5.41) is 0. The molecule has 2 rings (SSSR count). The first-order valence-corrected chi connectivity index (χ1v) is 8.52. The highest BCUT2D eigenvalue weighted by Crippen LogP contribution is 2.38. The summed E-state index contributed by atoms with van der Waals surface area (Å²) in [5.74, 6) is 0.331. The normalized spacial score (nSPS) is 10.8. The first-order chi connectivity index (χ1) is 12.3. The lowest BCUT2D eigenvalue weighted by Gasteiger charge is -2.20. The van der Waals surface area contributed by atoms with Crippen molar-refractivity contribution in [3.8, 4) is 11.5 Å². The number of carbonyl (C=O) groups excluding carboxylic acids is 2. The largest absolute Gasteiger partial charge is 0.426 e. The monoisotopic (exact) mass is 352 g/mol. The maximum absolute atomic E-state index is 11.6. The average Bonchev–Trinajstić information content (AvgIpc) is 2.59. The van der Waals surface area contributed by atoms with Gasteiger partial charge < -0.3 is 9.47 Å². The molecule has 2 aromatic rings. The van der Waals surface area contributed by atoms with Crippen molar-refractivity contribution in [2.24, 2.45) is 0 Å². The molecule has 136 valence electrons. The van der Waals surface area contributed by atoms with Crippen LogP contribution in [0.5, 0.6) is 11.5 Å². The SMILES string of the molecule is CC(=O)Oc1c(C)c(C)c(OC(C)=O)c(CC=Cc2ccccc2)c1C. The fourth-order valence-corrected chi connectivity index (χ4v) is 2.86. The molecule has 2 aromatic carbocycles. The second kappa shape index (κ2) is 8.48. The highest BCUT2D eigenvalue weighted by molar-refractivity contribution is 5.75. The Bertz CT molecular complexity index is 848. The molecule has 0 bridgehead atoms. The second-order valence-corrected chi connectivity index (χ2v) is 6.22. The number of ether oxygens (including phenoxy) is 2. The smallest absolute Gasteiger partial charge is 0.308 e. The Hall–Kier alpha value is -2.88. The number of hydrogen-bond acceptors (Lipinski definition) is 4. The van der Waals surface area contributed by atoms with Crippen LogP contribution < -0.4 is 9.47 Å². The molecular formula is C22H24O4. The van der Waals surface area contributed by atoms with E-state index in [1.165, 1.54) is 13.8 Å². The zero-order valence-electron chi connectivity index (χ0n) is 15.9. The van der Waals surface area contributed by atoms with Gasteiger partial charge in [-0.25, -0.2) is 0 Å². The average molecular weight is 352 g/mol. The molecule has 0 aliphatic rings. The number of allylic oxidation sites excluding steroid dienone is 1. The number of carbonyl (C=O) groups is 2. The lowest BCUT2D eigenvalue weighted by Crippen LogP contribution is -2.11. The molecule has 0 aromatic heterocycles. The van der Waals surface area contributed by atoms with E-state index in [4.69, 9.17) is 9.47 Å². The zero-order valence-corrected chi connectivity index (χ0v) is 15.9. The maximum atomic E-state index is 11.6. The van der Waals surface area contributed by atoms with Crippen LogP contribution >= 0.6 is 0 Å². The molecule has 0 atom stereocenters. The van der Waals surface area contributed by atoms with Gasteiger partial charge in [0.2, 0.25) is 0 Å². The fourth-order valence-electron chi connectivity index (χ4n) is 2.86. The van der Waals surface area contributed by atoms with Crippen molar-refractivity contribution < 1.29 is 19.1 Å². The van der Waals surface area contributed by atoms with Crippen molar-refractivity contribution in [1.82, 2.24) is 0 Å². The molecule has 4 nitrogen and oxygen atoms in total. The van der Waals surface area contributed by atoms with Gasteiger partial charge in [0.25, 0.3) is 0 Å². The zero-order chi connectivity index (χ0) is 19.3. The number of esters is 2. The molecule has 4 heteroatoms. The summed E-state index contributed by atoms with van der Waals surface area (Å²) in [5.41, 5.74) is 4.32. The molecule has 0 fully saturated rings. The van der Waals surface area contributed by atoms with E-state index >= 15 is 0 Å². The van der Waals surface area contributed by atoms with Crippen LogP contribution in [0, 0.1) is 20.8 Å². The van der Waals surface area contributed by atoms with Crippen molar-refractivity contribution >= 4 is 18.0 Å². The van der Waals surface area contributed by atoms with E-state index in [2.05, 4.69) is 0 Å². The van der Waals surface area contributed by atoms with Gasteiger partial charge in [0.15, 0.2) is 0 Å². The van der Waals surface area contributed by atoms with E-state index in [1.807, 2.05) is 63.3 Å². The van der Waals surface area contributed by atoms with Crippen LogP contribution in [0.3, 0.4) is 0 Å². The minimum atomic E-state index is -0.375. The third kappa shape index (κ3) is 4.60. The Kier molecular flexibility index (Phi) is 6.34. The fraction of sp³-hybridized carbons (Fsp3) is 0.273. The minimum Gasteiger partial charge on any atom is -0.426 e. The Morgan fingerprint density at radius 2 is 1.38 bits per heavy atom. The summed E-state index contributed by atoms with van der Waals surface area (Å²) >= 11 is 0. The van der Waals surface area contributed by atoms with Gasteiger partial charge in [-0.2, -0.15) is 0 Å². The van der Waals surface area contributed by atoms with Gasteiger partial charge in [-0.15, -0.1) is 0 Å². The van der Waals surface area contributed by atoms with Crippen molar-refractivity contribution in [2.45, 2.75) is 41.0 Å². The van der Waals surface area contributed by atoms with Crippen LogP contribution in [0.2, 0.25) is 0 Å². The molecule has 0 saturated heterocycles. The van der Waals surface area contributed by atoms with Gasteiger partial charge in [0.1, 0.15) is 11.5 Å². The van der Waals surface area contributed by atoms with Crippen molar-refractivity contribution in [2.75, 3.05) is 0 Å². The molecule has 0 saturated carbocycles. The summed E-state index contributed by atoms with van der Waals surface area (Å²) in [6, 6.07) is 9.95. The Morgan fingerprint density at radius 3 is 1.96 bits per heavy atom. The van der Waals surface area contributed by atoms with Gasteiger partial charge >= 0.3 is 11.9 Å². The van der Waals surface area contributed by atoms with E-state index in [9.17, 15) is 9.59 Å². The van der Waals surface area contributed by atoms with E-state index in [-0.39, 0.29) is 11.9 Å². The maximum Gasteiger partial charge on any atom is 0.308 e. The van der Waals surface area contributed by atoms with Gasteiger partial charge in [-0.3, -0.25) is 9.59 Å². The van der Waals surface area contributed by atoms with Crippen LogP contribution in [-0.4, -0.2) is 11.9 Å². The molecule has 0 radical (unpaired) electrons. The van der Waals surface area contributed by atoms with E-state index in [1.54, 1.807) is 0 Å². The van der Waals surface area contributed by atoms with E-state index in [0.717, 1.165) is 27.8 Å². The molecule has 0 spiro atoms. The third-order valence-corrected chi connectivity index (χ3v) is 4.23. The molecule has 0 amide bonds. The number of rotatable bonds is 5. The first kappa shape index (κ1) is 19.4. The predicted octanol–water partition coefficient (Wildman–Crippen LogP) is 4.72. The second-order valence-electron chi connectivity index (χ2n) is 6.22. The van der Waals surface area contributed by atoms with Crippen LogP contribution in [0.15, 0.2) is 36.4 Å². The van der Waals surface area contributed by atoms with Crippen LogP contribution in [0.1, 0.15) is 41.7 Å². The standard InChI is InChI=1S/C22H24O4/c1-14-15(2)22(26-18(5)24)20(16(3)21(14)25-17(4)23)13-9-12-19-10-7-6-8-11-19/h6-12H,13H2,1-5H3. The van der Waals surface area contributed by atoms with Gasteiger partial charge in [-0.1, -0.05) is 42.5 Å². The molecular weight excluding hydrogens is 328 g/mol. The van der Waals surface area contributed by atoms with Crippen molar-refractivity contribution in [3.05, 3.63) is 64.2 Å². The summed E-state index contributed by atoms with van der Waals surface area (Å²) in [7, 11) is 0. The molecule has 0 aliphatic heterocycles. The highest BCUT2D eigenvalue weighted by Gasteiger charge is 2.21. The number of hydrogen-bond donors (Lipinski definition) is 0. The Labute approximate surface area is 154 Å². The summed E-state index contributed by atoms with van der Waals surface area (Å²) < 4.78 is 10.9. The van der Waals surface area contributed by atoms with Crippen molar-refractivity contribution in [1.29, 1.82) is 0 Å². The van der Waals surface area contributed by atoms with Crippen LogP contribution in [0.4, 0.5) is 0 Å². The molecule has 0 unspecified atom stereocenters. The van der Waals surface area contributed by atoms with Gasteiger partial charge in [0.05, 0.1) is 0 Å². The minimum absolute atomic E-state index is 0.374. The lowest BCUT2D eigenvalue weighted by atomic mass is 9.95. The topological polar surface area (TPSA) is 52.6 Å². The third-order valence-electron chi connectivity index (χ3n) is 4.23. The molecule has 26 heavy (non-hydrogen) atoms. The summed E-state index contributed by atoms with van der Waals surface area (Å²) in [6.45, 7) is 8.36. The van der Waals surface area contributed by atoms with E-state index in [0.29, 0.717) is 17.9 Å². The molecule has 0 N–H and O–H groups in total. The highest BCUT2D eigenvalue weighted by atomic mass is 16.5. The van der Waals surface area contributed by atoms with Gasteiger partial charge in [-0.05, 0) is 49.4 Å². The van der Waals surface area contributed by atoms with Crippen LogP contribution in [0.25, 0.3) is 6.08 Å². The summed E-state index contributed by atoms with van der Waals surface area (Å²) in [6.07, 6.45) is 4.58. The number of benzene rings is 2. The Balaban J connectivity index is 2.49. The van der Waals surface area contributed by atoms with Crippen LogP contribution in [-0.2, 0) is 16.0 Å². The first-order valence-electron chi connectivity index (χ1n) is 8.52. The van der Waals surface area contributed by atoms with E-state index < -0.39 is 0 Å². The molecule has 0 heterocycles. The quantitative estimate of drug-likeness (QED) is 0.577. The lowest BCUT2D eigenvalue weighted by molar-refractivity contribution is -0.133. The molecule has 0 aliphatic carbocycles. The Morgan fingerprint density at radius 1 is 0.846 bits per heavy atom.